The zero-order valence-corrected chi connectivity index (χ0v) is 12.6. The quantitative estimate of drug-likeness (QED) is 0.854. The fraction of sp³-hybridized carbons (Fsp3) is 0.500. The van der Waals surface area contributed by atoms with E-state index in [0.29, 0.717) is 5.69 Å². The Morgan fingerprint density at radius 2 is 2.30 bits per heavy atom. The van der Waals surface area contributed by atoms with Crippen molar-refractivity contribution in [3.05, 3.63) is 34.0 Å². The molecular weight excluding hydrogens is 272 g/mol. The number of thiazole rings is 1. The molecule has 1 amide bonds. The molecule has 1 atom stereocenters. The highest BCUT2D eigenvalue weighted by atomic mass is 32.1. The lowest BCUT2D eigenvalue weighted by Crippen LogP contribution is -2.38. The molecule has 2 aromatic rings. The highest BCUT2D eigenvalue weighted by molar-refractivity contribution is 7.09. The SMILES string of the molecule is Cc1cc(C(=O)N2CCCCC2c2nccs2)nn1C. The van der Waals surface area contributed by atoms with Crippen molar-refractivity contribution >= 4 is 17.2 Å². The molecule has 2 aromatic heterocycles. The Kier molecular flexibility index (Phi) is 3.56. The summed E-state index contributed by atoms with van der Waals surface area (Å²) in [5.74, 6) is 0.0219. The number of likely N-dealkylation sites (tertiary alicyclic amines) is 1. The van der Waals surface area contributed by atoms with Crippen molar-refractivity contribution in [1.29, 1.82) is 0 Å². The first-order valence-electron chi connectivity index (χ1n) is 6.88. The van der Waals surface area contributed by atoms with Crippen molar-refractivity contribution in [2.45, 2.75) is 32.2 Å². The maximum absolute atomic E-state index is 12.7. The van der Waals surface area contributed by atoms with Gasteiger partial charge in [-0.2, -0.15) is 5.10 Å². The molecule has 1 unspecified atom stereocenters. The summed E-state index contributed by atoms with van der Waals surface area (Å²) in [5.41, 5.74) is 1.53. The Labute approximate surface area is 122 Å². The molecule has 3 heterocycles. The van der Waals surface area contributed by atoms with Crippen molar-refractivity contribution in [2.75, 3.05) is 6.54 Å². The Morgan fingerprint density at radius 1 is 1.45 bits per heavy atom. The van der Waals surface area contributed by atoms with E-state index in [2.05, 4.69) is 10.1 Å². The van der Waals surface area contributed by atoms with E-state index in [1.807, 2.05) is 36.5 Å². The number of carbonyl (C=O) groups is 1. The maximum atomic E-state index is 12.7. The molecule has 6 heteroatoms. The third-order valence-electron chi connectivity index (χ3n) is 3.83. The monoisotopic (exact) mass is 290 g/mol. The lowest BCUT2D eigenvalue weighted by atomic mass is 10.0. The van der Waals surface area contributed by atoms with E-state index in [1.54, 1.807) is 16.0 Å². The summed E-state index contributed by atoms with van der Waals surface area (Å²) in [5, 5.41) is 7.31. The van der Waals surface area contributed by atoms with E-state index in [1.165, 1.54) is 0 Å². The van der Waals surface area contributed by atoms with Gasteiger partial charge in [-0.25, -0.2) is 4.98 Å². The average Bonchev–Trinajstić information content (AvgIpc) is 3.09. The van der Waals surface area contributed by atoms with E-state index >= 15 is 0 Å². The van der Waals surface area contributed by atoms with Gasteiger partial charge in [0.25, 0.3) is 5.91 Å². The molecule has 0 N–H and O–H groups in total. The Hall–Kier alpha value is -1.69. The number of aryl methyl sites for hydroxylation is 2. The highest BCUT2D eigenvalue weighted by Crippen LogP contribution is 2.32. The summed E-state index contributed by atoms with van der Waals surface area (Å²) in [6.07, 6.45) is 5.00. The van der Waals surface area contributed by atoms with Gasteiger partial charge in [0.2, 0.25) is 0 Å². The largest absolute Gasteiger partial charge is 0.328 e. The summed E-state index contributed by atoms with van der Waals surface area (Å²) in [6.45, 7) is 2.75. The Bertz CT molecular complexity index is 585. The van der Waals surface area contributed by atoms with E-state index in [4.69, 9.17) is 0 Å². The number of amides is 1. The minimum Gasteiger partial charge on any atom is -0.328 e. The summed E-state index contributed by atoms with van der Waals surface area (Å²) in [6, 6.07) is 1.97. The van der Waals surface area contributed by atoms with Crippen LogP contribution in [0.1, 0.15) is 46.5 Å². The number of piperidine rings is 1. The van der Waals surface area contributed by atoms with Crippen LogP contribution in [-0.2, 0) is 7.05 Å². The first kappa shape index (κ1) is 13.3. The summed E-state index contributed by atoms with van der Waals surface area (Å²) >= 11 is 1.62. The van der Waals surface area contributed by atoms with Crippen LogP contribution in [0.25, 0.3) is 0 Å². The maximum Gasteiger partial charge on any atom is 0.274 e. The standard InChI is InChI=1S/C14H18N4OS/c1-10-9-11(16-17(10)2)14(19)18-7-4-3-5-12(18)13-15-6-8-20-13/h6,8-9,12H,3-5,7H2,1-2H3. The molecule has 1 saturated heterocycles. The van der Waals surface area contributed by atoms with Crippen LogP contribution in [0.5, 0.6) is 0 Å². The second-order valence-corrected chi connectivity index (χ2v) is 6.10. The molecule has 0 aliphatic carbocycles. The van der Waals surface area contributed by atoms with Crippen molar-refractivity contribution < 1.29 is 4.79 Å². The predicted molar refractivity (Wildman–Crippen MR) is 77.7 cm³/mol. The molecule has 0 aromatic carbocycles. The van der Waals surface area contributed by atoms with E-state index in [-0.39, 0.29) is 11.9 Å². The highest BCUT2D eigenvalue weighted by Gasteiger charge is 2.31. The van der Waals surface area contributed by atoms with Gasteiger partial charge >= 0.3 is 0 Å². The zero-order chi connectivity index (χ0) is 14.1. The van der Waals surface area contributed by atoms with Crippen LogP contribution < -0.4 is 0 Å². The van der Waals surface area contributed by atoms with Crippen LogP contribution in [-0.4, -0.2) is 32.1 Å². The van der Waals surface area contributed by atoms with Crippen molar-refractivity contribution in [3.8, 4) is 0 Å². The lowest BCUT2D eigenvalue weighted by Gasteiger charge is -2.34. The second-order valence-electron chi connectivity index (χ2n) is 5.18. The molecule has 1 aliphatic rings. The molecule has 0 saturated carbocycles. The van der Waals surface area contributed by atoms with Crippen LogP contribution >= 0.6 is 11.3 Å². The topological polar surface area (TPSA) is 51.0 Å². The number of nitrogens with zero attached hydrogens (tertiary/aromatic N) is 4. The lowest BCUT2D eigenvalue weighted by molar-refractivity contribution is 0.0604. The van der Waals surface area contributed by atoms with E-state index in [9.17, 15) is 4.79 Å². The molecule has 0 spiro atoms. The predicted octanol–water partition coefficient (Wildman–Crippen LogP) is 2.55. The first-order chi connectivity index (χ1) is 9.66. The van der Waals surface area contributed by atoms with Gasteiger partial charge < -0.3 is 4.90 Å². The van der Waals surface area contributed by atoms with Crippen molar-refractivity contribution in [3.63, 3.8) is 0 Å². The molecule has 20 heavy (non-hydrogen) atoms. The molecule has 1 fully saturated rings. The molecule has 1 aliphatic heterocycles. The second kappa shape index (κ2) is 5.36. The number of rotatable bonds is 2. The molecule has 5 nitrogen and oxygen atoms in total. The van der Waals surface area contributed by atoms with Gasteiger partial charge in [-0.15, -0.1) is 11.3 Å². The molecular formula is C14H18N4OS. The normalized spacial score (nSPS) is 19.3. The number of hydrogen-bond acceptors (Lipinski definition) is 4. The van der Waals surface area contributed by atoms with Gasteiger partial charge in [0.1, 0.15) is 5.01 Å². The molecule has 0 radical (unpaired) electrons. The van der Waals surface area contributed by atoms with Gasteiger partial charge in [0.05, 0.1) is 6.04 Å². The molecule has 106 valence electrons. The van der Waals surface area contributed by atoms with Gasteiger partial charge in [0, 0.05) is 30.9 Å². The number of hydrogen-bond donors (Lipinski definition) is 0. The smallest absolute Gasteiger partial charge is 0.274 e. The van der Waals surface area contributed by atoms with Crippen LogP contribution in [0.15, 0.2) is 17.6 Å². The molecule has 0 bridgehead atoms. The fourth-order valence-electron chi connectivity index (χ4n) is 2.64. The van der Waals surface area contributed by atoms with Crippen LogP contribution in [0.2, 0.25) is 0 Å². The van der Waals surface area contributed by atoms with Gasteiger partial charge in [0.15, 0.2) is 5.69 Å². The Balaban J connectivity index is 1.88. The number of aromatic nitrogens is 3. The zero-order valence-electron chi connectivity index (χ0n) is 11.7. The molecule has 3 rings (SSSR count). The third kappa shape index (κ3) is 2.35. The van der Waals surface area contributed by atoms with Gasteiger partial charge in [-0.3, -0.25) is 9.48 Å². The number of carbonyl (C=O) groups excluding carboxylic acids is 1. The van der Waals surface area contributed by atoms with Crippen LogP contribution in [0, 0.1) is 6.92 Å². The average molecular weight is 290 g/mol. The minimum atomic E-state index is 0.0219. The fourth-order valence-corrected chi connectivity index (χ4v) is 3.43. The van der Waals surface area contributed by atoms with E-state index < -0.39 is 0 Å². The van der Waals surface area contributed by atoms with E-state index in [0.717, 1.165) is 36.5 Å². The third-order valence-corrected chi connectivity index (χ3v) is 4.71. The first-order valence-corrected chi connectivity index (χ1v) is 7.76. The van der Waals surface area contributed by atoms with Crippen LogP contribution in [0.3, 0.4) is 0 Å². The van der Waals surface area contributed by atoms with Gasteiger partial charge in [-0.1, -0.05) is 0 Å². The Morgan fingerprint density at radius 3 is 2.95 bits per heavy atom. The van der Waals surface area contributed by atoms with Gasteiger partial charge in [-0.05, 0) is 32.3 Å². The summed E-state index contributed by atoms with van der Waals surface area (Å²) in [4.78, 5) is 19.0. The summed E-state index contributed by atoms with van der Waals surface area (Å²) < 4.78 is 1.75. The summed E-state index contributed by atoms with van der Waals surface area (Å²) in [7, 11) is 1.86. The van der Waals surface area contributed by atoms with Crippen molar-refractivity contribution in [1.82, 2.24) is 19.7 Å². The van der Waals surface area contributed by atoms with Crippen LogP contribution in [0.4, 0.5) is 0 Å². The van der Waals surface area contributed by atoms with Crippen molar-refractivity contribution in [2.24, 2.45) is 7.05 Å². The minimum absolute atomic E-state index is 0.0219.